The number of hydrogen-bond acceptors (Lipinski definition) is 5. The van der Waals surface area contributed by atoms with Crippen molar-refractivity contribution in [2.45, 2.75) is 289 Å². The van der Waals surface area contributed by atoms with Gasteiger partial charge in [0.05, 0.1) is 25.4 Å². The topological polar surface area (TPSA) is 95.9 Å². The van der Waals surface area contributed by atoms with Crippen LogP contribution in [0.15, 0.2) is 12.2 Å². The zero-order chi connectivity index (χ0) is 41.5. The fourth-order valence-corrected chi connectivity index (χ4v) is 7.87. The van der Waals surface area contributed by atoms with Crippen LogP contribution in [0.2, 0.25) is 0 Å². The Balaban J connectivity index is 3.45. The summed E-state index contributed by atoms with van der Waals surface area (Å²) in [6.07, 6.45) is 53.5. The van der Waals surface area contributed by atoms with Crippen LogP contribution >= 0.6 is 0 Å². The average Bonchev–Trinajstić information content (AvgIpc) is 3.21. The van der Waals surface area contributed by atoms with Crippen molar-refractivity contribution in [1.82, 2.24) is 5.32 Å². The fourth-order valence-electron chi connectivity index (χ4n) is 7.87. The molecule has 57 heavy (non-hydrogen) atoms. The highest BCUT2D eigenvalue weighted by molar-refractivity contribution is 5.76. The normalized spacial score (nSPS) is 12.7. The number of nitrogens with one attached hydrogen (secondary N) is 1. The monoisotopic (exact) mass is 806 g/mol. The van der Waals surface area contributed by atoms with Crippen LogP contribution in [-0.4, -0.2) is 47.4 Å². The summed E-state index contributed by atoms with van der Waals surface area (Å²) >= 11 is 0. The Bertz CT molecular complexity index is 847. The number of allylic oxidation sites excluding steroid dienone is 1. The van der Waals surface area contributed by atoms with E-state index in [0.717, 1.165) is 44.9 Å². The largest absolute Gasteiger partial charge is 0.466 e. The molecule has 0 aliphatic heterocycles. The summed E-state index contributed by atoms with van der Waals surface area (Å²) in [7, 11) is 0. The first-order chi connectivity index (χ1) is 28.0. The molecule has 0 aromatic rings. The molecule has 0 rings (SSSR count). The van der Waals surface area contributed by atoms with Crippen LogP contribution in [0.1, 0.15) is 277 Å². The van der Waals surface area contributed by atoms with Crippen LogP contribution < -0.4 is 5.32 Å². The van der Waals surface area contributed by atoms with Crippen molar-refractivity contribution in [2.24, 2.45) is 0 Å². The molecule has 0 bridgehead atoms. The van der Waals surface area contributed by atoms with E-state index in [0.29, 0.717) is 19.4 Å². The number of aliphatic hydroxyl groups is 2. The quantitative estimate of drug-likeness (QED) is 0.0323. The van der Waals surface area contributed by atoms with Crippen molar-refractivity contribution in [3.05, 3.63) is 12.2 Å². The summed E-state index contributed by atoms with van der Waals surface area (Å²) in [6, 6.07) is -0.630. The summed E-state index contributed by atoms with van der Waals surface area (Å²) in [5.74, 6) is -0.0727. The van der Waals surface area contributed by atoms with Gasteiger partial charge >= 0.3 is 5.97 Å². The van der Waals surface area contributed by atoms with E-state index in [1.165, 1.54) is 205 Å². The highest BCUT2D eigenvalue weighted by Crippen LogP contribution is 2.16. The van der Waals surface area contributed by atoms with Gasteiger partial charge in [-0.15, -0.1) is 0 Å². The Morgan fingerprint density at radius 2 is 0.807 bits per heavy atom. The number of amides is 1. The molecule has 338 valence electrons. The van der Waals surface area contributed by atoms with Gasteiger partial charge in [0.15, 0.2) is 0 Å². The minimum absolute atomic E-state index is 0.00175. The van der Waals surface area contributed by atoms with Crippen molar-refractivity contribution >= 4 is 11.9 Å². The molecule has 3 N–H and O–H groups in total. The van der Waals surface area contributed by atoms with E-state index in [4.69, 9.17) is 4.74 Å². The number of unbranched alkanes of at least 4 members (excludes halogenated alkanes) is 36. The van der Waals surface area contributed by atoms with Crippen molar-refractivity contribution in [1.29, 1.82) is 0 Å². The lowest BCUT2D eigenvalue weighted by atomic mass is 10.0. The predicted octanol–water partition coefficient (Wildman–Crippen LogP) is 15.0. The van der Waals surface area contributed by atoms with Gasteiger partial charge in [0.25, 0.3) is 0 Å². The molecule has 0 radical (unpaired) electrons. The SMILES string of the molecule is CCCCCCCCCCCCC/C=C/C(O)C(CO)NC(=O)CCCCCCCCCCCCCCCCCCOC(=O)CCCCCCCCCCCCC. The summed E-state index contributed by atoms with van der Waals surface area (Å²) in [5, 5.41) is 23.0. The van der Waals surface area contributed by atoms with E-state index in [1.54, 1.807) is 6.08 Å². The van der Waals surface area contributed by atoms with Crippen LogP contribution in [0.25, 0.3) is 0 Å². The molecule has 0 fully saturated rings. The van der Waals surface area contributed by atoms with E-state index in [9.17, 15) is 19.8 Å². The fraction of sp³-hybridized carbons (Fsp3) is 0.922. The number of carbonyl (C=O) groups excluding carboxylic acids is 2. The lowest BCUT2D eigenvalue weighted by molar-refractivity contribution is -0.143. The van der Waals surface area contributed by atoms with Gasteiger partial charge in [-0.05, 0) is 32.1 Å². The van der Waals surface area contributed by atoms with E-state index in [-0.39, 0.29) is 18.5 Å². The van der Waals surface area contributed by atoms with Gasteiger partial charge in [-0.25, -0.2) is 0 Å². The van der Waals surface area contributed by atoms with E-state index in [2.05, 4.69) is 19.2 Å². The molecule has 0 spiro atoms. The number of rotatable bonds is 47. The number of hydrogen-bond donors (Lipinski definition) is 3. The first kappa shape index (κ1) is 55.6. The number of esters is 1. The number of aliphatic hydroxyl groups excluding tert-OH is 2. The second-order valence-electron chi connectivity index (χ2n) is 17.5. The predicted molar refractivity (Wildman–Crippen MR) is 246 cm³/mol. The van der Waals surface area contributed by atoms with Gasteiger partial charge < -0.3 is 20.3 Å². The third-order valence-corrected chi connectivity index (χ3v) is 11.8. The van der Waals surface area contributed by atoms with Crippen molar-refractivity contribution in [2.75, 3.05) is 13.2 Å². The maximum absolute atomic E-state index is 12.4. The van der Waals surface area contributed by atoms with E-state index in [1.807, 2.05) is 6.08 Å². The summed E-state index contributed by atoms with van der Waals surface area (Å²) in [4.78, 5) is 24.4. The number of carbonyl (C=O) groups is 2. The average molecular weight is 806 g/mol. The van der Waals surface area contributed by atoms with Crippen LogP contribution in [0.5, 0.6) is 0 Å². The van der Waals surface area contributed by atoms with E-state index < -0.39 is 12.1 Å². The molecular weight excluding hydrogens is 707 g/mol. The van der Waals surface area contributed by atoms with Crippen LogP contribution in [0.3, 0.4) is 0 Å². The van der Waals surface area contributed by atoms with Crippen LogP contribution in [0, 0.1) is 0 Å². The molecule has 0 saturated carbocycles. The van der Waals surface area contributed by atoms with Gasteiger partial charge in [-0.3, -0.25) is 9.59 Å². The Kier molecular flexibility index (Phi) is 46.1. The highest BCUT2D eigenvalue weighted by Gasteiger charge is 2.18. The first-order valence-corrected chi connectivity index (χ1v) is 25.5. The molecule has 0 aromatic carbocycles. The second-order valence-corrected chi connectivity index (χ2v) is 17.5. The van der Waals surface area contributed by atoms with Crippen molar-refractivity contribution < 1.29 is 24.5 Å². The molecule has 0 aliphatic carbocycles. The molecule has 0 heterocycles. The maximum atomic E-state index is 12.4. The zero-order valence-electron chi connectivity index (χ0n) is 38.3. The van der Waals surface area contributed by atoms with Gasteiger partial charge in [0.1, 0.15) is 0 Å². The summed E-state index contributed by atoms with van der Waals surface area (Å²) < 4.78 is 5.45. The van der Waals surface area contributed by atoms with Crippen LogP contribution in [-0.2, 0) is 14.3 Å². The van der Waals surface area contributed by atoms with Gasteiger partial charge in [-0.2, -0.15) is 0 Å². The lowest BCUT2D eigenvalue weighted by Gasteiger charge is -2.20. The minimum Gasteiger partial charge on any atom is -0.466 e. The molecule has 2 unspecified atom stereocenters. The molecule has 6 nitrogen and oxygen atoms in total. The Morgan fingerprint density at radius 3 is 1.19 bits per heavy atom. The minimum atomic E-state index is -0.846. The Hall–Kier alpha value is -1.40. The van der Waals surface area contributed by atoms with Crippen molar-refractivity contribution in [3.8, 4) is 0 Å². The van der Waals surface area contributed by atoms with Gasteiger partial charge in [0, 0.05) is 12.8 Å². The zero-order valence-corrected chi connectivity index (χ0v) is 38.3. The Labute approximate surface area is 355 Å². The molecule has 6 heteroatoms. The maximum Gasteiger partial charge on any atom is 0.305 e. The third kappa shape index (κ3) is 44.0. The van der Waals surface area contributed by atoms with Gasteiger partial charge in [0.2, 0.25) is 5.91 Å². The first-order valence-electron chi connectivity index (χ1n) is 25.5. The third-order valence-electron chi connectivity index (χ3n) is 11.8. The molecule has 2 atom stereocenters. The Morgan fingerprint density at radius 1 is 0.474 bits per heavy atom. The van der Waals surface area contributed by atoms with Crippen LogP contribution in [0.4, 0.5) is 0 Å². The molecule has 0 aliphatic rings. The summed E-state index contributed by atoms with van der Waals surface area (Å²) in [5.41, 5.74) is 0. The molecule has 0 aromatic heterocycles. The van der Waals surface area contributed by atoms with Gasteiger partial charge in [-0.1, -0.05) is 244 Å². The number of ether oxygens (including phenoxy) is 1. The molecular formula is C51H99NO5. The second kappa shape index (κ2) is 47.3. The molecule has 0 saturated heterocycles. The smallest absolute Gasteiger partial charge is 0.305 e. The standard InChI is InChI=1S/C51H99NO5/c1-3-5-7-9-11-13-15-20-24-27-31-35-39-43-49(54)48(47-53)52-50(55)44-40-36-32-28-25-21-18-16-17-19-22-26-30-34-38-42-46-57-51(56)45-41-37-33-29-23-14-12-10-8-6-4-2/h39,43,48-49,53-54H,3-38,40-42,44-47H2,1-2H3,(H,52,55)/b43-39+. The van der Waals surface area contributed by atoms with Crippen molar-refractivity contribution in [3.63, 3.8) is 0 Å². The lowest BCUT2D eigenvalue weighted by Crippen LogP contribution is -2.45. The summed E-state index contributed by atoms with van der Waals surface area (Å²) in [6.45, 7) is 4.88. The highest BCUT2D eigenvalue weighted by atomic mass is 16.5. The van der Waals surface area contributed by atoms with E-state index >= 15 is 0 Å². The molecule has 1 amide bonds.